The molecule has 4 heteroatoms. The van der Waals surface area contributed by atoms with Gasteiger partial charge in [-0.25, -0.2) is 0 Å². The fourth-order valence-corrected chi connectivity index (χ4v) is 1.54. The van der Waals surface area contributed by atoms with Crippen molar-refractivity contribution >= 4 is 11.6 Å². The maximum absolute atomic E-state index is 6.00. The van der Waals surface area contributed by atoms with E-state index in [9.17, 15) is 0 Å². The van der Waals surface area contributed by atoms with E-state index in [2.05, 4.69) is 12.0 Å². The van der Waals surface area contributed by atoms with Gasteiger partial charge in [-0.2, -0.15) is 5.10 Å². The first-order valence-corrected chi connectivity index (χ1v) is 5.00. The molecule has 0 fully saturated rings. The van der Waals surface area contributed by atoms with E-state index in [1.54, 1.807) is 6.20 Å². The molecule has 1 heterocycles. The van der Waals surface area contributed by atoms with Crippen LogP contribution in [0.1, 0.15) is 32.0 Å². The molecule has 1 aromatic rings. The molecule has 13 heavy (non-hydrogen) atoms. The van der Waals surface area contributed by atoms with Gasteiger partial charge in [0.1, 0.15) is 0 Å². The summed E-state index contributed by atoms with van der Waals surface area (Å²) < 4.78 is 1.92. The van der Waals surface area contributed by atoms with Crippen molar-refractivity contribution < 1.29 is 0 Å². The fourth-order valence-electron chi connectivity index (χ4n) is 1.32. The van der Waals surface area contributed by atoms with Crippen LogP contribution in [0.5, 0.6) is 0 Å². The number of hydrogen-bond acceptors (Lipinski definition) is 2. The lowest BCUT2D eigenvalue weighted by Gasteiger charge is -2.13. The molecule has 2 N–H and O–H groups in total. The van der Waals surface area contributed by atoms with Crippen molar-refractivity contribution in [3.63, 3.8) is 0 Å². The average molecular weight is 202 g/mol. The summed E-state index contributed by atoms with van der Waals surface area (Å²) in [6.45, 7) is 4.76. The minimum Gasteiger partial charge on any atom is -0.328 e. The Balaban J connectivity index is 2.92. The van der Waals surface area contributed by atoms with Crippen molar-refractivity contribution in [2.45, 2.75) is 32.7 Å². The SMILES string of the molecule is CCCc1c(Cl)cnn1C(C)CN. The van der Waals surface area contributed by atoms with Gasteiger partial charge in [0.05, 0.1) is 23.0 Å². The fraction of sp³-hybridized carbons (Fsp3) is 0.667. The molecule has 0 aliphatic rings. The number of rotatable bonds is 4. The molecule has 0 amide bonds. The van der Waals surface area contributed by atoms with Crippen LogP contribution < -0.4 is 5.73 Å². The first-order valence-electron chi connectivity index (χ1n) is 4.62. The molecule has 0 saturated heterocycles. The average Bonchev–Trinajstić information content (AvgIpc) is 2.48. The number of nitrogens with zero attached hydrogens (tertiary/aromatic N) is 2. The first kappa shape index (κ1) is 10.5. The van der Waals surface area contributed by atoms with Gasteiger partial charge in [-0.1, -0.05) is 24.9 Å². The van der Waals surface area contributed by atoms with Gasteiger partial charge < -0.3 is 5.73 Å². The van der Waals surface area contributed by atoms with Crippen LogP contribution in [0.25, 0.3) is 0 Å². The van der Waals surface area contributed by atoms with Crippen LogP contribution >= 0.6 is 11.6 Å². The Kier molecular flexibility index (Phi) is 3.75. The van der Waals surface area contributed by atoms with Crippen LogP contribution in [0.3, 0.4) is 0 Å². The number of hydrogen-bond donors (Lipinski definition) is 1. The van der Waals surface area contributed by atoms with Crippen molar-refractivity contribution in [2.24, 2.45) is 5.73 Å². The second-order valence-electron chi connectivity index (χ2n) is 3.22. The smallest absolute Gasteiger partial charge is 0.0817 e. The van der Waals surface area contributed by atoms with E-state index in [0.717, 1.165) is 23.6 Å². The Morgan fingerprint density at radius 2 is 2.38 bits per heavy atom. The topological polar surface area (TPSA) is 43.8 Å². The molecule has 3 nitrogen and oxygen atoms in total. The molecule has 0 bridgehead atoms. The second-order valence-corrected chi connectivity index (χ2v) is 3.63. The first-order chi connectivity index (χ1) is 6.20. The van der Waals surface area contributed by atoms with Gasteiger partial charge in [0.25, 0.3) is 0 Å². The summed E-state index contributed by atoms with van der Waals surface area (Å²) in [6.07, 6.45) is 3.73. The van der Waals surface area contributed by atoms with E-state index < -0.39 is 0 Å². The Bertz CT molecular complexity index is 270. The maximum Gasteiger partial charge on any atom is 0.0817 e. The zero-order chi connectivity index (χ0) is 9.84. The predicted molar refractivity (Wildman–Crippen MR) is 55.0 cm³/mol. The van der Waals surface area contributed by atoms with E-state index >= 15 is 0 Å². The highest BCUT2D eigenvalue weighted by Crippen LogP contribution is 2.19. The lowest BCUT2D eigenvalue weighted by Crippen LogP contribution is -2.19. The molecule has 0 aliphatic carbocycles. The predicted octanol–water partition coefficient (Wildman–Crippen LogP) is 2.01. The monoisotopic (exact) mass is 201 g/mol. The molecular formula is C9H16ClN3. The van der Waals surface area contributed by atoms with E-state index in [-0.39, 0.29) is 6.04 Å². The Morgan fingerprint density at radius 1 is 1.69 bits per heavy atom. The molecular weight excluding hydrogens is 186 g/mol. The summed E-state index contributed by atoms with van der Waals surface area (Å²) in [5.74, 6) is 0. The third-order valence-electron chi connectivity index (χ3n) is 2.09. The third kappa shape index (κ3) is 2.23. The summed E-state index contributed by atoms with van der Waals surface area (Å²) in [4.78, 5) is 0. The minimum atomic E-state index is 0.231. The largest absolute Gasteiger partial charge is 0.328 e. The van der Waals surface area contributed by atoms with Crippen molar-refractivity contribution in [3.8, 4) is 0 Å². The Hall–Kier alpha value is -0.540. The molecule has 1 atom stereocenters. The Labute approximate surface area is 83.9 Å². The summed E-state index contributed by atoms with van der Waals surface area (Å²) in [5, 5.41) is 4.96. The standard InChI is InChI=1S/C9H16ClN3/c1-3-4-9-8(10)6-12-13(9)7(2)5-11/h6-7H,3-5,11H2,1-2H3. The zero-order valence-electron chi connectivity index (χ0n) is 8.13. The number of aromatic nitrogens is 2. The van der Waals surface area contributed by atoms with E-state index in [4.69, 9.17) is 17.3 Å². The van der Waals surface area contributed by atoms with Gasteiger partial charge in [0.2, 0.25) is 0 Å². The zero-order valence-corrected chi connectivity index (χ0v) is 8.88. The maximum atomic E-state index is 6.00. The molecule has 0 aliphatic heterocycles. The van der Waals surface area contributed by atoms with E-state index in [1.807, 2.05) is 11.6 Å². The number of nitrogens with two attached hydrogens (primary N) is 1. The lowest BCUT2D eigenvalue weighted by atomic mass is 10.2. The van der Waals surface area contributed by atoms with Crippen LogP contribution in [-0.4, -0.2) is 16.3 Å². The van der Waals surface area contributed by atoms with Crippen LogP contribution in [0.15, 0.2) is 6.20 Å². The highest BCUT2D eigenvalue weighted by molar-refractivity contribution is 6.31. The minimum absolute atomic E-state index is 0.231. The normalized spacial score (nSPS) is 13.2. The highest BCUT2D eigenvalue weighted by Gasteiger charge is 2.11. The summed E-state index contributed by atoms with van der Waals surface area (Å²) in [5.41, 5.74) is 6.67. The molecule has 0 saturated carbocycles. The lowest BCUT2D eigenvalue weighted by molar-refractivity contribution is 0.480. The van der Waals surface area contributed by atoms with Gasteiger partial charge in [-0.05, 0) is 13.3 Å². The number of halogens is 1. The molecule has 1 aromatic heterocycles. The van der Waals surface area contributed by atoms with Crippen LogP contribution in [0, 0.1) is 0 Å². The van der Waals surface area contributed by atoms with Gasteiger partial charge >= 0.3 is 0 Å². The van der Waals surface area contributed by atoms with Crippen LogP contribution in [0.2, 0.25) is 5.02 Å². The highest BCUT2D eigenvalue weighted by atomic mass is 35.5. The molecule has 1 rings (SSSR count). The summed E-state index contributed by atoms with van der Waals surface area (Å²) >= 11 is 6.00. The van der Waals surface area contributed by atoms with E-state index in [0.29, 0.717) is 6.54 Å². The summed E-state index contributed by atoms with van der Waals surface area (Å²) in [7, 11) is 0. The molecule has 0 aromatic carbocycles. The molecule has 74 valence electrons. The van der Waals surface area contributed by atoms with Crippen LogP contribution in [-0.2, 0) is 6.42 Å². The van der Waals surface area contributed by atoms with Gasteiger partial charge in [-0.15, -0.1) is 0 Å². The van der Waals surface area contributed by atoms with Crippen molar-refractivity contribution in [1.29, 1.82) is 0 Å². The molecule has 1 unspecified atom stereocenters. The van der Waals surface area contributed by atoms with Crippen molar-refractivity contribution in [3.05, 3.63) is 16.9 Å². The van der Waals surface area contributed by atoms with Crippen LogP contribution in [0.4, 0.5) is 0 Å². The second kappa shape index (κ2) is 4.63. The van der Waals surface area contributed by atoms with E-state index in [1.165, 1.54) is 0 Å². The van der Waals surface area contributed by atoms with Gasteiger partial charge in [0, 0.05) is 6.54 Å². The summed E-state index contributed by atoms with van der Waals surface area (Å²) in [6, 6.07) is 0.231. The Morgan fingerprint density at radius 3 is 2.92 bits per heavy atom. The van der Waals surface area contributed by atoms with Gasteiger partial charge in [0.15, 0.2) is 0 Å². The molecule has 0 radical (unpaired) electrons. The van der Waals surface area contributed by atoms with Crippen molar-refractivity contribution in [1.82, 2.24) is 9.78 Å². The molecule has 0 spiro atoms. The third-order valence-corrected chi connectivity index (χ3v) is 2.41. The quantitative estimate of drug-likeness (QED) is 0.810. The van der Waals surface area contributed by atoms with Crippen molar-refractivity contribution in [2.75, 3.05) is 6.54 Å². The van der Waals surface area contributed by atoms with Gasteiger partial charge in [-0.3, -0.25) is 4.68 Å².